The van der Waals surface area contributed by atoms with Crippen LogP contribution in [0.25, 0.3) is 0 Å². The van der Waals surface area contributed by atoms with Crippen molar-refractivity contribution in [1.82, 2.24) is 0 Å². The maximum atomic E-state index is 11.0. The molecule has 1 aromatic carbocycles. The first kappa shape index (κ1) is 39.2. The van der Waals surface area contributed by atoms with Crippen LogP contribution in [0.1, 0.15) is 121 Å². The van der Waals surface area contributed by atoms with Gasteiger partial charge in [0.25, 0.3) is 0 Å². The van der Waals surface area contributed by atoms with Crippen LogP contribution in [0.15, 0.2) is 0 Å². The second-order valence-electron chi connectivity index (χ2n) is 13.9. The highest BCUT2D eigenvalue weighted by Gasteiger charge is 2.34. The van der Waals surface area contributed by atoms with E-state index in [2.05, 4.69) is 41.5 Å². The lowest BCUT2D eigenvalue weighted by molar-refractivity contribution is -0.139. The summed E-state index contributed by atoms with van der Waals surface area (Å²) >= 11 is 0. The molecule has 0 aliphatic carbocycles. The van der Waals surface area contributed by atoms with E-state index in [-0.39, 0.29) is 12.2 Å². The molecule has 0 unspecified atom stereocenters. The second-order valence-corrected chi connectivity index (χ2v) is 13.9. The molecule has 3 atom stereocenters. The van der Waals surface area contributed by atoms with Crippen molar-refractivity contribution in [2.75, 3.05) is 26.4 Å². The SMILES string of the molecule is Cc1c(C)c2c(c(C)c1OCC(=O)O)CC[C@@](C)(CCC[C@H](C)CCC[C@H](C)CCCC(C)C)O2.NC(CO)(CO)CO. The maximum Gasteiger partial charge on any atom is 0.341 e. The number of ether oxygens (including phenoxy) is 2. The second kappa shape index (κ2) is 18.8. The van der Waals surface area contributed by atoms with Gasteiger partial charge in [0, 0.05) is 5.56 Å². The lowest BCUT2D eigenvalue weighted by Gasteiger charge is -2.38. The van der Waals surface area contributed by atoms with Crippen molar-refractivity contribution in [1.29, 1.82) is 0 Å². The molecule has 0 fully saturated rings. The van der Waals surface area contributed by atoms with E-state index in [1.165, 1.54) is 56.9 Å². The fourth-order valence-electron chi connectivity index (χ4n) is 5.76. The molecule has 6 N–H and O–H groups in total. The number of aliphatic carboxylic acids is 1. The molecule has 8 nitrogen and oxygen atoms in total. The summed E-state index contributed by atoms with van der Waals surface area (Å²) in [6.07, 6.45) is 13.7. The summed E-state index contributed by atoms with van der Waals surface area (Å²) < 4.78 is 12.3. The number of benzene rings is 1. The highest BCUT2D eigenvalue weighted by atomic mass is 16.5. The van der Waals surface area contributed by atoms with E-state index in [4.69, 9.17) is 35.6 Å². The summed E-state index contributed by atoms with van der Waals surface area (Å²) in [5.41, 5.74) is 8.07. The Morgan fingerprint density at radius 2 is 1.40 bits per heavy atom. The first-order valence-electron chi connectivity index (χ1n) is 16.4. The molecule has 0 spiro atoms. The molecule has 2 rings (SSSR count). The summed E-state index contributed by atoms with van der Waals surface area (Å²) in [6.45, 7) is 16.3. The van der Waals surface area contributed by atoms with E-state index in [1.54, 1.807) is 0 Å². The number of carboxylic acid groups (broad SMARTS) is 1. The van der Waals surface area contributed by atoms with E-state index in [1.807, 2.05) is 13.8 Å². The fraction of sp³-hybridized carbons (Fsp3) is 0.800. The van der Waals surface area contributed by atoms with Crippen molar-refractivity contribution >= 4 is 5.97 Å². The van der Waals surface area contributed by atoms with Crippen molar-refractivity contribution in [3.63, 3.8) is 0 Å². The van der Waals surface area contributed by atoms with Gasteiger partial charge in [-0.2, -0.15) is 0 Å². The van der Waals surface area contributed by atoms with Gasteiger partial charge in [0.1, 0.15) is 17.1 Å². The third-order valence-electron chi connectivity index (χ3n) is 9.12. The summed E-state index contributed by atoms with van der Waals surface area (Å²) in [7, 11) is 0. The Labute approximate surface area is 261 Å². The lowest BCUT2D eigenvalue weighted by Crippen LogP contribution is -2.50. The summed E-state index contributed by atoms with van der Waals surface area (Å²) in [4.78, 5) is 11.0. The first-order valence-corrected chi connectivity index (χ1v) is 16.4. The average Bonchev–Trinajstić information content (AvgIpc) is 2.95. The quantitative estimate of drug-likeness (QED) is 0.131. The number of fused-ring (bicyclic) bond motifs is 1. The zero-order valence-electron chi connectivity index (χ0n) is 28.4. The third-order valence-corrected chi connectivity index (χ3v) is 9.12. The van der Waals surface area contributed by atoms with E-state index in [9.17, 15) is 4.79 Å². The maximum absolute atomic E-state index is 11.0. The zero-order chi connectivity index (χ0) is 32.8. The largest absolute Gasteiger partial charge is 0.487 e. The molecule has 0 amide bonds. The number of rotatable bonds is 18. The highest BCUT2D eigenvalue weighted by Crippen LogP contribution is 2.45. The third kappa shape index (κ3) is 13.3. The van der Waals surface area contributed by atoms with Crippen LogP contribution >= 0.6 is 0 Å². The van der Waals surface area contributed by atoms with Crippen molar-refractivity contribution < 1.29 is 34.7 Å². The molecule has 0 saturated heterocycles. The standard InChI is InChI=1S/C31H52O4.C4H11NO3/c1-21(2)12-9-13-22(3)14-10-15-23(4)16-11-18-31(8)19-17-27-26(7)29(34-20-28(32)33)24(5)25(6)30(27)35-31;5-4(1-6,2-7)3-8/h21-23H,9-20H2,1-8H3,(H,32,33);6-8H,1-3,5H2/t22-,23-,31-;/m1./s1. The lowest BCUT2D eigenvalue weighted by atomic mass is 9.83. The molecular formula is C35H63NO7. The van der Waals surface area contributed by atoms with Crippen LogP contribution in [0.5, 0.6) is 11.5 Å². The number of hydrogen-bond acceptors (Lipinski definition) is 7. The summed E-state index contributed by atoms with van der Waals surface area (Å²) in [6, 6.07) is 0. The topological polar surface area (TPSA) is 142 Å². The number of nitrogens with two attached hydrogens (primary N) is 1. The van der Waals surface area contributed by atoms with Crippen molar-refractivity contribution in [2.45, 2.75) is 137 Å². The Balaban J connectivity index is 0.00000101. The van der Waals surface area contributed by atoms with E-state index in [0.29, 0.717) is 5.75 Å². The van der Waals surface area contributed by atoms with E-state index >= 15 is 0 Å². The van der Waals surface area contributed by atoms with Gasteiger partial charge in [-0.15, -0.1) is 0 Å². The minimum atomic E-state index is -1.21. The fourth-order valence-corrected chi connectivity index (χ4v) is 5.76. The molecule has 1 aliphatic heterocycles. The molecule has 0 radical (unpaired) electrons. The predicted molar refractivity (Wildman–Crippen MR) is 174 cm³/mol. The normalized spacial score (nSPS) is 17.9. The predicted octanol–water partition coefficient (Wildman–Crippen LogP) is 6.26. The Bertz CT molecular complexity index is 967. The van der Waals surface area contributed by atoms with Gasteiger partial charge in [-0.3, -0.25) is 0 Å². The highest BCUT2D eigenvalue weighted by molar-refractivity contribution is 5.69. The molecule has 0 bridgehead atoms. The number of aliphatic hydroxyl groups excluding tert-OH is 3. The van der Waals surface area contributed by atoms with E-state index < -0.39 is 31.3 Å². The average molecular weight is 610 g/mol. The number of carboxylic acids is 1. The van der Waals surface area contributed by atoms with Crippen LogP contribution in [0.3, 0.4) is 0 Å². The molecular weight excluding hydrogens is 546 g/mol. The van der Waals surface area contributed by atoms with Crippen LogP contribution in [0.2, 0.25) is 0 Å². The smallest absolute Gasteiger partial charge is 0.341 e. The van der Waals surface area contributed by atoms with Gasteiger partial charge < -0.3 is 35.6 Å². The van der Waals surface area contributed by atoms with E-state index in [0.717, 1.165) is 59.5 Å². The van der Waals surface area contributed by atoms with Gasteiger partial charge in [-0.1, -0.05) is 72.6 Å². The molecule has 0 saturated carbocycles. The molecule has 43 heavy (non-hydrogen) atoms. The zero-order valence-corrected chi connectivity index (χ0v) is 28.4. The molecule has 1 aliphatic rings. The van der Waals surface area contributed by atoms with Crippen molar-refractivity contribution in [3.05, 3.63) is 22.3 Å². The molecule has 8 heteroatoms. The van der Waals surface area contributed by atoms with Crippen molar-refractivity contribution in [2.24, 2.45) is 23.5 Å². The van der Waals surface area contributed by atoms with Crippen LogP contribution in [0.4, 0.5) is 0 Å². The van der Waals surface area contributed by atoms with Crippen LogP contribution in [0, 0.1) is 38.5 Å². The minimum Gasteiger partial charge on any atom is -0.487 e. The van der Waals surface area contributed by atoms with Crippen LogP contribution in [-0.4, -0.2) is 64.0 Å². The van der Waals surface area contributed by atoms with Crippen molar-refractivity contribution in [3.8, 4) is 11.5 Å². The van der Waals surface area contributed by atoms with Crippen LogP contribution < -0.4 is 15.2 Å². The Kier molecular flexibility index (Phi) is 17.1. The Morgan fingerprint density at radius 1 is 0.884 bits per heavy atom. The summed E-state index contributed by atoms with van der Waals surface area (Å²) in [5.74, 6) is 3.22. The number of hydrogen-bond donors (Lipinski definition) is 5. The Hall–Kier alpha value is -1.87. The summed E-state index contributed by atoms with van der Waals surface area (Å²) in [5, 5.41) is 34.0. The number of carbonyl (C=O) groups is 1. The first-order chi connectivity index (χ1) is 20.1. The van der Waals surface area contributed by atoms with Gasteiger partial charge in [0.2, 0.25) is 0 Å². The van der Waals surface area contributed by atoms with Gasteiger partial charge in [-0.25, -0.2) is 4.79 Å². The van der Waals surface area contributed by atoms with Gasteiger partial charge in [-0.05, 0) is 87.8 Å². The molecule has 1 heterocycles. The molecule has 0 aromatic heterocycles. The van der Waals surface area contributed by atoms with Gasteiger partial charge in [0.15, 0.2) is 6.61 Å². The van der Waals surface area contributed by atoms with Crippen LogP contribution in [-0.2, 0) is 11.2 Å². The molecule has 1 aromatic rings. The number of aliphatic hydroxyl groups is 3. The molecule has 250 valence electrons. The van der Waals surface area contributed by atoms with Gasteiger partial charge in [0.05, 0.1) is 25.4 Å². The monoisotopic (exact) mass is 609 g/mol. The Morgan fingerprint density at radius 3 is 1.86 bits per heavy atom. The van der Waals surface area contributed by atoms with Gasteiger partial charge >= 0.3 is 5.97 Å². The minimum absolute atomic E-state index is 0.134.